The number of oxazole rings is 1. The molecule has 0 saturated heterocycles. The van der Waals surface area contributed by atoms with Crippen LogP contribution in [0.25, 0.3) is 22.4 Å². The van der Waals surface area contributed by atoms with Crippen LogP contribution >= 0.6 is 0 Å². The lowest BCUT2D eigenvalue weighted by Gasteiger charge is -2.04. The number of hydrogen-bond acceptors (Lipinski definition) is 4. The van der Waals surface area contributed by atoms with Crippen LogP contribution in [0.3, 0.4) is 0 Å². The van der Waals surface area contributed by atoms with Gasteiger partial charge in [-0.05, 0) is 18.2 Å². The molecule has 0 fully saturated rings. The molecule has 6 heteroatoms. The molecule has 0 aliphatic rings. The monoisotopic (exact) mass is 257 g/mol. The van der Waals surface area contributed by atoms with Crippen LogP contribution in [0.1, 0.15) is 10.5 Å². The minimum atomic E-state index is -0.409. The van der Waals surface area contributed by atoms with Gasteiger partial charge >= 0.3 is 5.76 Å². The minimum absolute atomic E-state index is 0.371. The van der Waals surface area contributed by atoms with Gasteiger partial charge in [0.15, 0.2) is 11.9 Å². The van der Waals surface area contributed by atoms with E-state index in [0.717, 1.165) is 5.56 Å². The summed E-state index contributed by atoms with van der Waals surface area (Å²) in [4.78, 5) is 26.5. The van der Waals surface area contributed by atoms with Crippen LogP contribution in [-0.2, 0) is 14.1 Å². The molecule has 0 aliphatic carbocycles. The van der Waals surface area contributed by atoms with E-state index in [1.54, 1.807) is 30.1 Å². The third-order valence-electron chi connectivity index (χ3n) is 3.14. The molecule has 0 unspecified atom stereocenters. The lowest BCUT2D eigenvalue weighted by Crippen LogP contribution is -2.08. The molecule has 6 nitrogen and oxygen atoms in total. The largest absolute Gasteiger partial charge is 0.419 e. The van der Waals surface area contributed by atoms with Crippen LogP contribution in [0.4, 0.5) is 0 Å². The van der Waals surface area contributed by atoms with Gasteiger partial charge in [0.25, 0.3) is 0 Å². The van der Waals surface area contributed by atoms with Gasteiger partial charge in [0, 0.05) is 19.7 Å². The summed E-state index contributed by atoms with van der Waals surface area (Å²) in [7, 11) is 3.45. The van der Waals surface area contributed by atoms with E-state index in [4.69, 9.17) is 4.42 Å². The highest BCUT2D eigenvalue weighted by atomic mass is 16.4. The highest BCUT2D eigenvalue weighted by molar-refractivity contribution is 5.87. The predicted molar refractivity (Wildman–Crippen MR) is 69.0 cm³/mol. The maximum atomic E-state index is 11.4. The Morgan fingerprint density at radius 1 is 1.32 bits per heavy atom. The first kappa shape index (κ1) is 11.5. The van der Waals surface area contributed by atoms with E-state index in [0.29, 0.717) is 28.8 Å². The van der Waals surface area contributed by atoms with Gasteiger partial charge in [-0.1, -0.05) is 0 Å². The van der Waals surface area contributed by atoms with E-state index in [-0.39, 0.29) is 0 Å². The fourth-order valence-electron chi connectivity index (χ4n) is 2.16. The van der Waals surface area contributed by atoms with Crippen molar-refractivity contribution in [1.82, 2.24) is 14.1 Å². The molecule has 1 aromatic carbocycles. The molecule has 0 saturated carbocycles. The van der Waals surface area contributed by atoms with E-state index in [1.165, 1.54) is 4.57 Å². The molecule has 96 valence electrons. The Kier molecular flexibility index (Phi) is 2.38. The molecular formula is C13H11N3O3. The molecule has 3 rings (SSSR count). The smallest absolute Gasteiger partial charge is 0.408 e. The van der Waals surface area contributed by atoms with Crippen LogP contribution < -0.4 is 5.76 Å². The number of hydrogen-bond donors (Lipinski definition) is 0. The van der Waals surface area contributed by atoms with Crippen molar-refractivity contribution in [3.63, 3.8) is 0 Å². The number of rotatable bonds is 2. The average molecular weight is 257 g/mol. The van der Waals surface area contributed by atoms with Gasteiger partial charge in [0.1, 0.15) is 5.69 Å². The molecule has 0 radical (unpaired) electrons. The van der Waals surface area contributed by atoms with E-state index >= 15 is 0 Å². The second kappa shape index (κ2) is 3.94. The van der Waals surface area contributed by atoms with Crippen molar-refractivity contribution in [1.29, 1.82) is 0 Å². The highest BCUT2D eigenvalue weighted by Gasteiger charge is 2.13. The molecule has 0 spiro atoms. The van der Waals surface area contributed by atoms with E-state index in [9.17, 15) is 9.59 Å². The van der Waals surface area contributed by atoms with E-state index in [1.807, 2.05) is 13.1 Å². The number of imidazole rings is 1. The van der Waals surface area contributed by atoms with Gasteiger partial charge in [-0.25, -0.2) is 9.78 Å². The maximum Gasteiger partial charge on any atom is 0.419 e. The second-order valence-corrected chi connectivity index (χ2v) is 4.32. The standard InChI is InChI=1S/C13H11N3O3/c1-15-7-14-9(6-17)12(15)8-3-4-11-10(5-8)16(2)13(18)19-11/h3-7H,1-2H3. The summed E-state index contributed by atoms with van der Waals surface area (Å²) >= 11 is 0. The zero-order valence-electron chi connectivity index (χ0n) is 10.5. The number of fused-ring (bicyclic) bond motifs is 1. The summed E-state index contributed by atoms with van der Waals surface area (Å²) in [5.41, 5.74) is 3.10. The normalized spacial score (nSPS) is 11.1. The lowest BCUT2D eigenvalue weighted by molar-refractivity contribution is 0.112. The van der Waals surface area contributed by atoms with E-state index in [2.05, 4.69) is 4.98 Å². The molecule has 3 aromatic rings. The van der Waals surface area contributed by atoms with Gasteiger partial charge in [0.2, 0.25) is 0 Å². The topological polar surface area (TPSA) is 70.0 Å². The van der Waals surface area contributed by atoms with Crippen molar-refractivity contribution in [2.24, 2.45) is 14.1 Å². The Labute approximate surface area is 107 Å². The Balaban J connectivity index is 2.31. The van der Waals surface area contributed by atoms with Crippen molar-refractivity contribution in [2.45, 2.75) is 0 Å². The fourth-order valence-corrected chi connectivity index (χ4v) is 2.16. The van der Waals surface area contributed by atoms with Crippen LogP contribution in [-0.4, -0.2) is 20.4 Å². The van der Waals surface area contributed by atoms with Crippen molar-refractivity contribution < 1.29 is 9.21 Å². The van der Waals surface area contributed by atoms with Crippen LogP contribution in [0, 0.1) is 0 Å². The summed E-state index contributed by atoms with van der Waals surface area (Å²) in [6, 6.07) is 5.33. The number of carbonyl (C=O) groups excluding carboxylic acids is 1. The summed E-state index contributed by atoms with van der Waals surface area (Å²) in [5, 5.41) is 0. The minimum Gasteiger partial charge on any atom is -0.408 e. The van der Waals surface area contributed by atoms with Crippen molar-refractivity contribution in [3.8, 4) is 11.3 Å². The summed E-state index contributed by atoms with van der Waals surface area (Å²) in [5.74, 6) is -0.409. The van der Waals surface area contributed by atoms with E-state index < -0.39 is 5.76 Å². The van der Waals surface area contributed by atoms with Gasteiger partial charge in [-0.3, -0.25) is 9.36 Å². The van der Waals surface area contributed by atoms with Crippen molar-refractivity contribution in [2.75, 3.05) is 0 Å². The first-order chi connectivity index (χ1) is 9.11. The Morgan fingerprint density at radius 3 is 2.84 bits per heavy atom. The molecule has 0 amide bonds. The van der Waals surface area contributed by atoms with Gasteiger partial charge < -0.3 is 8.98 Å². The maximum absolute atomic E-state index is 11.4. The number of aromatic nitrogens is 3. The lowest BCUT2D eigenvalue weighted by atomic mass is 10.1. The average Bonchev–Trinajstić information content (AvgIpc) is 2.91. The Morgan fingerprint density at radius 2 is 2.11 bits per heavy atom. The van der Waals surface area contributed by atoms with Crippen LogP contribution in [0.5, 0.6) is 0 Å². The number of nitrogens with zero attached hydrogens (tertiary/aromatic N) is 3. The van der Waals surface area contributed by atoms with Crippen molar-refractivity contribution >= 4 is 17.4 Å². The van der Waals surface area contributed by atoms with Crippen LogP contribution in [0.15, 0.2) is 33.7 Å². The fraction of sp³-hybridized carbons (Fsp3) is 0.154. The molecule has 0 aliphatic heterocycles. The number of carbonyl (C=O) groups is 1. The molecule has 0 atom stereocenters. The summed E-state index contributed by atoms with van der Waals surface area (Å²) in [6.45, 7) is 0. The highest BCUT2D eigenvalue weighted by Crippen LogP contribution is 2.25. The first-order valence-corrected chi connectivity index (χ1v) is 5.68. The Hall–Kier alpha value is -2.63. The van der Waals surface area contributed by atoms with Crippen molar-refractivity contribution in [3.05, 3.63) is 40.8 Å². The number of aryl methyl sites for hydroxylation is 2. The number of benzene rings is 1. The molecular weight excluding hydrogens is 246 g/mol. The third-order valence-corrected chi connectivity index (χ3v) is 3.14. The molecule has 19 heavy (non-hydrogen) atoms. The number of aldehydes is 1. The predicted octanol–water partition coefficient (Wildman–Crippen LogP) is 1.34. The molecule has 2 aromatic heterocycles. The molecule has 0 N–H and O–H groups in total. The van der Waals surface area contributed by atoms with Gasteiger partial charge in [0.05, 0.1) is 17.5 Å². The van der Waals surface area contributed by atoms with Gasteiger partial charge in [-0.2, -0.15) is 0 Å². The SMILES string of the molecule is Cn1cnc(C=O)c1-c1ccc2oc(=O)n(C)c2c1. The Bertz CT molecular complexity index is 839. The second-order valence-electron chi connectivity index (χ2n) is 4.32. The van der Waals surface area contributed by atoms with Gasteiger partial charge in [-0.15, -0.1) is 0 Å². The zero-order chi connectivity index (χ0) is 13.6. The quantitative estimate of drug-likeness (QED) is 0.650. The summed E-state index contributed by atoms with van der Waals surface area (Å²) in [6.07, 6.45) is 2.30. The zero-order valence-corrected chi connectivity index (χ0v) is 10.5. The third kappa shape index (κ3) is 1.61. The molecule has 2 heterocycles. The molecule has 0 bridgehead atoms. The first-order valence-electron chi connectivity index (χ1n) is 5.68. The summed E-state index contributed by atoms with van der Waals surface area (Å²) < 4.78 is 8.27. The van der Waals surface area contributed by atoms with Crippen LogP contribution in [0.2, 0.25) is 0 Å².